The molecule has 4 aromatic carbocycles. The third kappa shape index (κ3) is 4.71. The fourth-order valence-electron chi connectivity index (χ4n) is 5.30. The Labute approximate surface area is 214 Å². The topological polar surface area (TPSA) is 32.3 Å². The third-order valence-electron chi connectivity index (χ3n) is 7.00. The molecule has 0 saturated heterocycles. The van der Waals surface area contributed by atoms with Crippen molar-refractivity contribution in [1.29, 1.82) is 0 Å². The summed E-state index contributed by atoms with van der Waals surface area (Å²) in [6, 6.07) is 22.6. The van der Waals surface area contributed by atoms with E-state index in [9.17, 15) is 18.0 Å². The summed E-state index contributed by atoms with van der Waals surface area (Å²) in [6.07, 6.45) is -4.56. The highest BCUT2D eigenvalue weighted by Crippen LogP contribution is 2.39. The van der Waals surface area contributed by atoms with E-state index in [-0.39, 0.29) is 5.56 Å². The number of hydrogen-bond donors (Lipinski definition) is 1. The van der Waals surface area contributed by atoms with Crippen LogP contribution in [0, 0.1) is 20.8 Å². The van der Waals surface area contributed by atoms with E-state index < -0.39 is 17.6 Å². The van der Waals surface area contributed by atoms with E-state index in [1.54, 1.807) is 24.3 Å². The molecule has 4 aromatic rings. The lowest BCUT2D eigenvalue weighted by Gasteiger charge is -2.26. The molecule has 3 nitrogen and oxygen atoms in total. The molecule has 0 aromatic heterocycles. The number of nitrogens with one attached hydrogen (secondary N) is 1. The van der Waals surface area contributed by atoms with Crippen LogP contribution in [0.5, 0.6) is 0 Å². The first-order valence-electron chi connectivity index (χ1n) is 12.1. The number of carbonyl (C=O) groups is 1. The van der Waals surface area contributed by atoms with Gasteiger partial charge in [-0.25, -0.2) is 0 Å². The van der Waals surface area contributed by atoms with E-state index in [0.717, 1.165) is 47.6 Å². The van der Waals surface area contributed by atoms with Crippen molar-refractivity contribution in [3.8, 4) is 11.1 Å². The molecule has 1 heterocycles. The van der Waals surface area contributed by atoms with Crippen molar-refractivity contribution in [2.45, 2.75) is 40.0 Å². The second-order valence-electron chi connectivity index (χ2n) is 9.56. The van der Waals surface area contributed by atoms with Crippen LogP contribution in [-0.4, -0.2) is 5.91 Å². The highest BCUT2D eigenvalue weighted by molar-refractivity contribution is 6.10. The fourth-order valence-corrected chi connectivity index (χ4v) is 5.30. The summed E-state index contributed by atoms with van der Waals surface area (Å²) in [5.41, 5.74) is 7.28. The van der Waals surface area contributed by atoms with Gasteiger partial charge in [0, 0.05) is 30.0 Å². The molecule has 1 aliphatic rings. The molecule has 0 fully saturated rings. The number of nitrogens with zero attached hydrogens (tertiary/aromatic N) is 1. The van der Waals surface area contributed by atoms with Gasteiger partial charge in [0.2, 0.25) is 0 Å². The van der Waals surface area contributed by atoms with Crippen LogP contribution in [-0.2, 0) is 19.3 Å². The molecule has 0 unspecified atom stereocenters. The van der Waals surface area contributed by atoms with Crippen LogP contribution < -0.4 is 10.2 Å². The summed E-state index contributed by atoms with van der Waals surface area (Å²) in [4.78, 5) is 15.9. The van der Waals surface area contributed by atoms with Crippen LogP contribution in [0.2, 0.25) is 0 Å². The van der Waals surface area contributed by atoms with Crippen molar-refractivity contribution >= 4 is 17.3 Å². The van der Waals surface area contributed by atoms with Crippen LogP contribution in [0.4, 0.5) is 24.5 Å². The number of hydrogen-bond acceptors (Lipinski definition) is 2. The minimum atomic E-state index is -4.56. The van der Waals surface area contributed by atoms with Crippen LogP contribution in [0.25, 0.3) is 11.1 Å². The first-order valence-corrected chi connectivity index (χ1v) is 12.1. The number of halogens is 3. The summed E-state index contributed by atoms with van der Waals surface area (Å²) >= 11 is 0. The molecule has 1 amide bonds. The minimum absolute atomic E-state index is 0.0180. The largest absolute Gasteiger partial charge is 0.416 e. The lowest BCUT2D eigenvalue weighted by molar-refractivity contribution is -0.137. The molecule has 6 heteroatoms. The Balaban J connectivity index is 1.54. The second kappa shape index (κ2) is 9.43. The minimum Gasteiger partial charge on any atom is -0.362 e. The average Bonchev–Trinajstić information content (AvgIpc) is 3.29. The number of rotatable bonds is 4. The Morgan fingerprint density at radius 3 is 2.05 bits per heavy atom. The number of fused-ring (bicyclic) bond motifs is 1. The van der Waals surface area contributed by atoms with E-state index in [1.807, 2.05) is 45.0 Å². The molecule has 0 spiro atoms. The highest BCUT2D eigenvalue weighted by Gasteiger charge is 2.32. The van der Waals surface area contributed by atoms with Gasteiger partial charge in [-0.15, -0.1) is 0 Å². The second-order valence-corrected chi connectivity index (χ2v) is 9.56. The van der Waals surface area contributed by atoms with Gasteiger partial charge in [-0.1, -0.05) is 66.7 Å². The van der Waals surface area contributed by atoms with Crippen LogP contribution in [0.1, 0.15) is 43.7 Å². The highest BCUT2D eigenvalue weighted by atomic mass is 19.4. The van der Waals surface area contributed by atoms with Crippen molar-refractivity contribution in [3.63, 3.8) is 0 Å². The summed E-state index contributed by atoms with van der Waals surface area (Å²) < 4.78 is 40.7. The Morgan fingerprint density at radius 1 is 0.811 bits per heavy atom. The predicted molar refractivity (Wildman–Crippen MR) is 142 cm³/mol. The number of aryl methyl sites for hydroxylation is 2. The maximum absolute atomic E-state index is 13.6. The maximum atomic E-state index is 13.6. The van der Waals surface area contributed by atoms with Gasteiger partial charge in [0.1, 0.15) is 0 Å². The van der Waals surface area contributed by atoms with E-state index in [1.165, 1.54) is 17.2 Å². The average molecular weight is 501 g/mol. The molecule has 1 aliphatic heterocycles. The van der Waals surface area contributed by atoms with Gasteiger partial charge in [0.15, 0.2) is 0 Å². The van der Waals surface area contributed by atoms with Gasteiger partial charge >= 0.3 is 6.18 Å². The van der Waals surface area contributed by atoms with E-state index >= 15 is 0 Å². The maximum Gasteiger partial charge on any atom is 0.416 e. The standard InChI is InChI=1S/C31H27F3N2O/c1-19-15-20(2)29(36-17-23-11-7-8-12-24(23)18-36)21(3)28(19)35-30(37)27-16-25(31(32,33)34)13-14-26(27)22-9-5-4-6-10-22/h4-16H,17-18H2,1-3H3,(H,35,37). The van der Waals surface area contributed by atoms with E-state index in [0.29, 0.717) is 16.8 Å². The third-order valence-corrected chi connectivity index (χ3v) is 7.00. The molecular formula is C31H27F3N2O. The number of alkyl halides is 3. The van der Waals surface area contributed by atoms with Crippen molar-refractivity contribution in [3.05, 3.63) is 118 Å². The molecule has 0 atom stereocenters. The van der Waals surface area contributed by atoms with Crippen molar-refractivity contribution < 1.29 is 18.0 Å². The summed E-state index contributed by atoms with van der Waals surface area (Å²) in [6.45, 7) is 7.44. The van der Waals surface area contributed by atoms with Gasteiger partial charge in [-0.2, -0.15) is 13.2 Å². The number of carbonyl (C=O) groups excluding carboxylic acids is 1. The number of benzene rings is 4. The molecule has 188 valence electrons. The zero-order valence-electron chi connectivity index (χ0n) is 20.9. The Hall–Kier alpha value is -4.06. The van der Waals surface area contributed by atoms with Gasteiger partial charge < -0.3 is 10.2 Å². The van der Waals surface area contributed by atoms with Gasteiger partial charge in [-0.05, 0) is 71.8 Å². The number of anilines is 2. The van der Waals surface area contributed by atoms with Gasteiger partial charge in [-0.3, -0.25) is 4.79 Å². The molecule has 5 rings (SSSR count). The molecule has 0 radical (unpaired) electrons. The quantitative estimate of drug-likeness (QED) is 0.307. The Morgan fingerprint density at radius 2 is 1.43 bits per heavy atom. The van der Waals surface area contributed by atoms with E-state index in [2.05, 4.69) is 22.3 Å². The predicted octanol–water partition coefficient (Wildman–Crippen LogP) is 8.07. The fraction of sp³-hybridized carbons (Fsp3) is 0.194. The molecular weight excluding hydrogens is 473 g/mol. The lowest BCUT2D eigenvalue weighted by Crippen LogP contribution is -2.20. The molecule has 37 heavy (non-hydrogen) atoms. The van der Waals surface area contributed by atoms with Crippen LogP contribution >= 0.6 is 0 Å². The van der Waals surface area contributed by atoms with E-state index in [4.69, 9.17) is 0 Å². The van der Waals surface area contributed by atoms with Crippen LogP contribution in [0.3, 0.4) is 0 Å². The first-order chi connectivity index (χ1) is 17.6. The molecule has 0 saturated carbocycles. The molecule has 1 N–H and O–H groups in total. The SMILES string of the molecule is Cc1cc(C)c(N2Cc3ccccc3C2)c(C)c1NC(=O)c1cc(C(F)(F)F)ccc1-c1ccccc1. The molecule has 0 bridgehead atoms. The zero-order chi connectivity index (χ0) is 26.3. The normalized spacial score (nSPS) is 13.0. The van der Waals surface area contributed by atoms with Gasteiger partial charge in [0.05, 0.1) is 5.56 Å². The monoisotopic (exact) mass is 500 g/mol. The first kappa shape index (κ1) is 24.6. The Bertz CT molecular complexity index is 1470. The van der Waals surface area contributed by atoms with Gasteiger partial charge in [0.25, 0.3) is 5.91 Å². The Kier molecular flexibility index (Phi) is 6.28. The summed E-state index contributed by atoms with van der Waals surface area (Å²) in [7, 11) is 0. The zero-order valence-corrected chi connectivity index (χ0v) is 20.9. The van der Waals surface area contributed by atoms with Crippen molar-refractivity contribution in [2.24, 2.45) is 0 Å². The summed E-state index contributed by atoms with van der Waals surface area (Å²) in [5, 5.41) is 2.96. The van der Waals surface area contributed by atoms with Crippen molar-refractivity contribution in [1.82, 2.24) is 0 Å². The van der Waals surface area contributed by atoms with Crippen LogP contribution in [0.15, 0.2) is 78.9 Å². The number of amides is 1. The molecule has 0 aliphatic carbocycles. The van der Waals surface area contributed by atoms with Crippen molar-refractivity contribution in [2.75, 3.05) is 10.2 Å². The lowest BCUT2D eigenvalue weighted by atomic mass is 9.96. The summed E-state index contributed by atoms with van der Waals surface area (Å²) in [5.74, 6) is -0.573. The smallest absolute Gasteiger partial charge is 0.362 e.